The quantitative estimate of drug-likeness (QED) is 0.337. The Balaban J connectivity index is 1.62. The molecule has 0 radical (unpaired) electrons. The normalized spacial score (nSPS) is 15.7. The third-order valence-electron chi connectivity index (χ3n) is 6.38. The molecule has 2 heterocycles. The van der Waals surface area contributed by atoms with Crippen LogP contribution in [0.3, 0.4) is 0 Å². The van der Waals surface area contributed by atoms with Gasteiger partial charge in [0.15, 0.2) is 0 Å². The second-order valence-electron chi connectivity index (χ2n) is 8.66. The van der Waals surface area contributed by atoms with Crippen LogP contribution in [-0.4, -0.2) is 18.1 Å². The monoisotopic (exact) mass is 428 g/mol. The zero-order valence-electron chi connectivity index (χ0n) is 18.7. The number of aromatic nitrogens is 1. The second kappa shape index (κ2) is 8.70. The number of unbranched alkanes of at least 4 members (excludes halogenated alkanes) is 1. The summed E-state index contributed by atoms with van der Waals surface area (Å²) >= 11 is 0. The number of rotatable bonds is 6. The van der Waals surface area contributed by atoms with Crippen molar-refractivity contribution in [2.24, 2.45) is 0 Å². The fourth-order valence-electron chi connectivity index (χ4n) is 4.77. The van der Waals surface area contributed by atoms with Gasteiger partial charge in [0.1, 0.15) is 11.6 Å². The highest BCUT2D eigenvalue weighted by molar-refractivity contribution is 5.86. The maximum Gasteiger partial charge on any atom is 0.123 e. The molecule has 0 amide bonds. The molecule has 1 unspecified atom stereocenters. The van der Waals surface area contributed by atoms with Crippen LogP contribution in [0.2, 0.25) is 0 Å². The zero-order chi connectivity index (χ0) is 22.1. The third-order valence-corrected chi connectivity index (χ3v) is 6.38. The van der Waals surface area contributed by atoms with E-state index in [9.17, 15) is 4.39 Å². The number of nitrogens with one attached hydrogen (secondary N) is 1. The Kier molecular flexibility index (Phi) is 5.60. The maximum atomic E-state index is 13.6. The fourth-order valence-corrected chi connectivity index (χ4v) is 4.77. The van der Waals surface area contributed by atoms with E-state index in [1.807, 2.05) is 18.2 Å². The van der Waals surface area contributed by atoms with Crippen molar-refractivity contribution >= 4 is 16.6 Å². The SMILES string of the molecule is CCCCOc1cccc(C2c3[nH]c4ccc(C)cc4c3CCN2c2ccc(F)cc2)c1. The topological polar surface area (TPSA) is 28.3 Å². The van der Waals surface area contributed by atoms with Crippen molar-refractivity contribution in [3.8, 4) is 5.75 Å². The van der Waals surface area contributed by atoms with Crippen molar-refractivity contribution in [3.05, 3.63) is 94.9 Å². The molecule has 1 N–H and O–H groups in total. The van der Waals surface area contributed by atoms with Gasteiger partial charge in [0.05, 0.1) is 12.6 Å². The van der Waals surface area contributed by atoms with Crippen LogP contribution in [0, 0.1) is 12.7 Å². The first kappa shape index (κ1) is 20.6. The molecule has 4 heteroatoms. The number of nitrogens with zero attached hydrogens (tertiary/aromatic N) is 1. The summed E-state index contributed by atoms with van der Waals surface area (Å²) < 4.78 is 19.7. The summed E-state index contributed by atoms with van der Waals surface area (Å²) in [6.45, 7) is 5.90. The van der Waals surface area contributed by atoms with Gasteiger partial charge in [0.25, 0.3) is 0 Å². The molecule has 0 bridgehead atoms. The van der Waals surface area contributed by atoms with Gasteiger partial charge in [0, 0.05) is 28.8 Å². The van der Waals surface area contributed by atoms with E-state index in [4.69, 9.17) is 4.74 Å². The molecule has 5 rings (SSSR count). The van der Waals surface area contributed by atoms with Crippen molar-refractivity contribution in [2.45, 2.75) is 39.2 Å². The zero-order valence-corrected chi connectivity index (χ0v) is 18.7. The minimum absolute atomic E-state index is 0.00615. The molecule has 32 heavy (non-hydrogen) atoms. The molecule has 1 aliphatic rings. The van der Waals surface area contributed by atoms with Gasteiger partial charge >= 0.3 is 0 Å². The van der Waals surface area contributed by atoms with Gasteiger partial charge in [-0.15, -0.1) is 0 Å². The summed E-state index contributed by atoms with van der Waals surface area (Å²) in [6.07, 6.45) is 3.10. The first-order valence-electron chi connectivity index (χ1n) is 11.5. The highest BCUT2D eigenvalue weighted by Crippen LogP contribution is 2.41. The van der Waals surface area contributed by atoms with E-state index in [0.717, 1.165) is 43.9 Å². The van der Waals surface area contributed by atoms with Crippen LogP contribution in [0.15, 0.2) is 66.7 Å². The van der Waals surface area contributed by atoms with Gasteiger partial charge in [-0.25, -0.2) is 4.39 Å². The largest absolute Gasteiger partial charge is 0.494 e. The Morgan fingerprint density at radius 3 is 2.72 bits per heavy atom. The molecule has 0 saturated carbocycles. The third kappa shape index (κ3) is 3.86. The first-order valence-corrected chi connectivity index (χ1v) is 11.5. The van der Waals surface area contributed by atoms with E-state index in [0.29, 0.717) is 0 Å². The van der Waals surface area contributed by atoms with Gasteiger partial charge in [-0.05, 0) is 79.4 Å². The highest BCUT2D eigenvalue weighted by atomic mass is 19.1. The number of aryl methyl sites for hydroxylation is 1. The predicted molar refractivity (Wildman–Crippen MR) is 129 cm³/mol. The number of halogens is 1. The number of fused-ring (bicyclic) bond motifs is 3. The van der Waals surface area contributed by atoms with Gasteiger partial charge in [-0.1, -0.05) is 37.1 Å². The summed E-state index contributed by atoms with van der Waals surface area (Å²) in [6, 6.07) is 21.9. The van der Waals surface area contributed by atoms with Crippen molar-refractivity contribution in [1.82, 2.24) is 4.98 Å². The lowest BCUT2D eigenvalue weighted by molar-refractivity contribution is 0.309. The lowest BCUT2D eigenvalue weighted by atomic mass is 9.91. The van der Waals surface area contributed by atoms with Crippen LogP contribution >= 0.6 is 0 Å². The number of hydrogen-bond acceptors (Lipinski definition) is 2. The molecule has 0 spiro atoms. The Labute approximate surface area is 188 Å². The molecule has 164 valence electrons. The molecule has 1 aliphatic heterocycles. The number of ether oxygens (including phenoxy) is 1. The summed E-state index contributed by atoms with van der Waals surface area (Å²) in [5.41, 5.74) is 7.23. The standard InChI is InChI=1S/C28H29FN2O/c1-3-4-16-32-23-7-5-6-20(18-23)28-27-24(25-17-19(2)8-13-26(25)30-27)14-15-31(28)22-11-9-21(29)10-12-22/h5-13,17-18,28,30H,3-4,14-16H2,1-2H3. The Morgan fingerprint density at radius 1 is 1.06 bits per heavy atom. The van der Waals surface area contributed by atoms with E-state index >= 15 is 0 Å². The number of aromatic amines is 1. The molecular formula is C28H29FN2O. The smallest absolute Gasteiger partial charge is 0.123 e. The molecule has 0 fully saturated rings. The number of benzene rings is 3. The molecule has 1 aromatic heterocycles. The number of anilines is 1. The van der Waals surface area contributed by atoms with Crippen molar-refractivity contribution in [1.29, 1.82) is 0 Å². The summed E-state index contributed by atoms with van der Waals surface area (Å²) in [7, 11) is 0. The van der Waals surface area contributed by atoms with Gasteiger partial charge in [-0.3, -0.25) is 0 Å². The van der Waals surface area contributed by atoms with Crippen LogP contribution in [0.5, 0.6) is 5.75 Å². The Morgan fingerprint density at radius 2 is 1.91 bits per heavy atom. The van der Waals surface area contributed by atoms with E-state index in [-0.39, 0.29) is 11.9 Å². The summed E-state index contributed by atoms with van der Waals surface area (Å²) in [5, 5.41) is 1.30. The van der Waals surface area contributed by atoms with E-state index in [1.54, 1.807) is 12.1 Å². The minimum Gasteiger partial charge on any atom is -0.494 e. The van der Waals surface area contributed by atoms with E-state index in [1.165, 1.54) is 33.3 Å². The van der Waals surface area contributed by atoms with Crippen LogP contribution < -0.4 is 9.64 Å². The molecule has 0 aliphatic carbocycles. The Bertz CT molecular complexity index is 1230. The van der Waals surface area contributed by atoms with Crippen LogP contribution in [0.25, 0.3) is 10.9 Å². The van der Waals surface area contributed by atoms with E-state index in [2.05, 4.69) is 60.1 Å². The molecule has 1 atom stereocenters. The van der Waals surface area contributed by atoms with Gasteiger partial charge in [-0.2, -0.15) is 0 Å². The number of H-pyrrole nitrogens is 1. The molecule has 3 aromatic carbocycles. The van der Waals surface area contributed by atoms with Crippen molar-refractivity contribution in [2.75, 3.05) is 18.1 Å². The van der Waals surface area contributed by atoms with Crippen LogP contribution in [0.1, 0.15) is 48.2 Å². The average molecular weight is 429 g/mol. The van der Waals surface area contributed by atoms with E-state index < -0.39 is 0 Å². The highest BCUT2D eigenvalue weighted by Gasteiger charge is 2.32. The van der Waals surface area contributed by atoms with Crippen LogP contribution in [-0.2, 0) is 6.42 Å². The maximum absolute atomic E-state index is 13.6. The first-order chi connectivity index (χ1) is 15.6. The fraction of sp³-hybridized carbons (Fsp3) is 0.286. The van der Waals surface area contributed by atoms with Crippen molar-refractivity contribution < 1.29 is 9.13 Å². The summed E-state index contributed by atoms with van der Waals surface area (Å²) in [4.78, 5) is 6.09. The van der Waals surface area contributed by atoms with Crippen LogP contribution in [0.4, 0.5) is 10.1 Å². The molecular weight excluding hydrogens is 399 g/mol. The minimum atomic E-state index is -0.213. The predicted octanol–water partition coefficient (Wildman–Crippen LogP) is 6.95. The Hall–Kier alpha value is -3.27. The van der Waals surface area contributed by atoms with Crippen molar-refractivity contribution in [3.63, 3.8) is 0 Å². The molecule has 4 aromatic rings. The van der Waals surface area contributed by atoms with Gasteiger partial charge < -0.3 is 14.6 Å². The number of hydrogen-bond donors (Lipinski definition) is 1. The molecule has 0 saturated heterocycles. The lowest BCUT2D eigenvalue weighted by Crippen LogP contribution is -2.36. The van der Waals surface area contributed by atoms with Gasteiger partial charge in [0.2, 0.25) is 0 Å². The molecule has 3 nitrogen and oxygen atoms in total. The average Bonchev–Trinajstić information content (AvgIpc) is 3.17. The lowest BCUT2D eigenvalue weighted by Gasteiger charge is -2.38. The second-order valence-corrected chi connectivity index (χ2v) is 8.66. The summed E-state index contributed by atoms with van der Waals surface area (Å²) in [5.74, 6) is 0.685.